The molecule has 114 valence electrons. The third-order valence-electron chi connectivity index (χ3n) is 2.77. The number of nitrogens with one attached hydrogen (secondary N) is 1. The molecule has 0 spiro atoms. The zero-order valence-corrected chi connectivity index (χ0v) is 14.0. The van der Waals surface area contributed by atoms with Gasteiger partial charge in [-0.2, -0.15) is 0 Å². The molecule has 1 atom stereocenters. The predicted octanol–water partition coefficient (Wildman–Crippen LogP) is 4.47. The van der Waals surface area contributed by atoms with Crippen LogP contribution >= 0.6 is 7.75 Å². The van der Waals surface area contributed by atoms with Crippen molar-refractivity contribution in [1.29, 1.82) is 0 Å². The van der Waals surface area contributed by atoms with Crippen molar-refractivity contribution in [3.05, 3.63) is 29.3 Å². The summed E-state index contributed by atoms with van der Waals surface area (Å²) in [5.74, 6) is 0.576. The summed E-state index contributed by atoms with van der Waals surface area (Å²) in [5, 5.41) is 2.88. The SMILES string of the molecule is CCCc1ccc(OP(=O)(NC(C)C)OCC)cc1C. The number of rotatable bonds is 8. The van der Waals surface area contributed by atoms with Crippen LogP contribution in [0, 0.1) is 6.92 Å². The highest BCUT2D eigenvalue weighted by atomic mass is 31.2. The molecule has 5 heteroatoms. The Kier molecular flexibility index (Phi) is 6.74. The van der Waals surface area contributed by atoms with Gasteiger partial charge in [-0.1, -0.05) is 19.4 Å². The van der Waals surface area contributed by atoms with E-state index in [0.717, 1.165) is 18.4 Å². The monoisotopic (exact) mass is 299 g/mol. The van der Waals surface area contributed by atoms with Crippen LogP contribution in [0.15, 0.2) is 18.2 Å². The van der Waals surface area contributed by atoms with Gasteiger partial charge in [0.1, 0.15) is 5.75 Å². The summed E-state index contributed by atoms with van der Waals surface area (Å²) in [6, 6.07) is 5.82. The van der Waals surface area contributed by atoms with Gasteiger partial charge in [-0.3, -0.25) is 4.52 Å². The highest BCUT2D eigenvalue weighted by Crippen LogP contribution is 2.44. The summed E-state index contributed by atoms with van der Waals surface area (Å²) in [6.07, 6.45) is 2.15. The van der Waals surface area contributed by atoms with E-state index >= 15 is 0 Å². The van der Waals surface area contributed by atoms with Crippen LogP contribution < -0.4 is 9.61 Å². The second kappa shape index (κ2) is 7.82. The fourth-order valence-corrected chi connectivity index (χ4v) is 3.53. The molecule has 1 aromatic carbocycles. The van der Waals surface area contributed by atoms with Gasteiger partial charge in [0.15, 0.2) is 0 Å². The first kappa shape index (κ1) is 17.2. The van der Waals surface area contributed by atoms with Crippen molar-refractivity contribution in [2.75, 3.05) is 6.61 Å². The Bertz CT molecular complexity index is 474. The maximum absolute atomic E-state index is 12.6. The van der Waals surface area contributed by atoms with E-state index in [1.807, 2.05) is 39.0 Å². The lowest BCUT2D eigenvalue weighted by Gasteiger charge is -2.21. The Labute approximate surface area is 122 Å². The topological polar surface area (TPSA) is 47.6 Å². The second-order valence-electron chi connectivity index (χ2n) is 5.13. The smallest absolute Gasteiger partial charge is 0.413 e. The zero-order chi connectivity index (χ0) is 15.2. The third-order valence-corrected chi connectivity index (χ3v) is 4.66. The molecule has 4 nitrogen and oxygen atoms in total. The Morgan fingerprint density at radius 1 is 1.30 bits per heavy atom. The van der Waals surface area contributed by atoms with E-state index in [1.54, 1.807) is 6.92 Å². The largest absolute Gasteiger partial charge is 0.458 e. The highest BCUT2D eigenvalue weighted by molar-refractivity contribution is 7.52. The van der Waals surface area contributed by atoms with E-state index in [-0.39, 0.29) is 6.04 Å². The van der Waals surface area contributed by atoms with Crippen LogP contribution in [0.25, 0.3) is 0 Å². The normalized spacial score (nSPS) is 14.3. The van der Waals surface area contributed by atoms with Gasteiger partial charge in [0.25, 0.3) is 0 Å². The van der Waals surface area contributed by atoms with Crippen molar-refractivity contribution in [3.8, 4) is 5.75 Å². The van der Waals surface area contributed by atoms with Crippen LogP contribution in [0.3, 0.4) is 0 Å². The first-order chi connectivity index (χ1) is 9.40. The number of aryl methyl sites for hydroxylation is 2. The maximum Gasteiger partial charge on any atom is 0.458 e. The predicted molar refractivity (Wildman–Crippen MR) is 83.3 cm³/mol. The molecule has 1 aromatic rings. The summed E-state index contributed by atoms with van der Waals surface area (Å²) in [4.78, 5) is 0. The molecule has 1 rings (SSSR count). The number of hydrogen-bond donors (Lipinski definition) is 1. The molecule has 0 aromatic heterocycles. The Morgan fingerprint density at radius 3 is 2.50 bits per heavy atom. The van der Waals surface area contributed by atoms with Gasteiger partial charge in [-0.15, -0.1) is 0 Å². The fraction of sp³-hybridized carbons (Fsp3) is 0.600. The van der Waals surface area contributed by atoms with Crippen molar-refractivity contribution in [3.63, 3.8) is 0 Å². The molecule has 1 unspecified atom stereocenters. The van der Waals surface area contributed by atoms with Crippen molar-refractivity contribution in [2.24, 2.45) is 0 Å². The quantitative estimate of drug-likeness (QED) is 0.719. The number of hydrogen-bond acceptors (Lipinski definition) is 3. The van der Waals surface area contributed by atoms with Gasteiger partial charge in [0.05, 0.1) is 6.61 Å². The van der Waals surface area contributed by atoms with E-state index in [9.17, 15) is 4.57 Å². The Morgan fingerprint density at radius 2 is 2.00 bits per heavy atom. The minimum Gasteiger partial charge on any atom is -0.413 e. The molecule has 0 aliphatic carbocycles. The van der Waals surface area contributed by atoms with Crippen molar-refractivity contribution < 1.29 is 13.6 Å². The summed E-state index contributed by atoms with van der Waals surface area (Å²) in [5.41, 5.74) is 2.44. The van der Waals surface area contributed by atoms with Crippen LogP contribution in [0.1, 0.15) is 45.2 Å². The molecule has 0 saturated heterocycles. The van der Waals surface area contributed by atoms with Crippen LogP contribution in [0.5, 0.6) is 5.75 Å². The zero-order valence-electron chi connectivity index (χ0n) is 13.1. The first-order valence-corrected chi connectivity index (χ1v) is 8.76. The van der Waals surface area contributed by atoms with Crippen molar-refractivity contribution in [2.45, 2.75) is 53.5 Å². The minimum absolute atomic E-state index is 0.0212. The minimum atomic E-state index is -3.30. The molecule has 20 heavy (non-hydrogen) atoms. The first-order valence-electron chi connectivity index (χ1n) is 7.21. The lowest BCUT2D eigenvalue weighted by molar-refractivity contribution is 0.265. The van der Waals surface area contributed by atoms with E-state index < -0.39 is 7.75 Å². The van der Waals surface area contributed by atoms with Crippen LogP contribution in [0.4, 0.5) is 0 Å². The molecule has 0 aliphatic rings. The summed E-state index contributed by atoms with van der Waals surface area (Å²) < 4.78 is 23.4. The van der Waals surface area contributed by atoms with Crippen molar-refractivity contribution >= 4 is 7.75 Å². The van der Waals surface area contributed by atoms with E-state index in [4.69, 9.17) is 9.05 Å². The van der Waals surface area contributed by atoms with Gasteiger partial charge in [0.2, 0.25) is 0 Å². The number of benzene rings is 1. The maximum atomic E-state index is 12.6. The average molecular weight is 299 g/mol. The molecule has 0 amide bonds. The molecule has 0 heterocycles. The molecule has 1 N–H and O–H groups in total. The molecular formula is C15H26NO3P. The lowest BCUT2D eigenvalue weighted by Crippen LogP contribution is -2.23. The third kappa shape index (κ3) is 5.28. The van der Waals surface area contributed by atoms with Crippen LogP contribution in [-0.2, 0) is 15.5 Å². The highest BCUT2D eigenvalue weighted by Gasteiger charge is 2.26. The standard InChI is InChI=1S/C15H26NO3P/c1-6-8-14-9-10-15(11-13(14)5)19-20(17,18-7-2)16-12(3)4/h9-12H,6-8H2,1-5H3,(H,16,17). The molecule has 0 fully saturated rings. The van der Waals surface area contributed by atoms with Gasteiger partial charge in [0, 0.05) is 6.04 Å². The van der Waals surface area contributed by atoms with Crippen LogP contribution in [-0.4, -0.2) is 12.6 Å². The van der Waals surface area contributed by atoms with E-state index in [0.29, 0.717) is 12.4 Å². The Balaban J connectivity index is 2.88. The van der Waals surface area contributed by atoms with Crippen LogP contribution in [0.2, 0.25) is 0 Å². The molecule has 0 aliphatic heterocycles. The fourth-order valence-electron chi connectivity index (χ4n) is 1.99. The van der Waals surface area contributed by atoms with Gasteiger partial charge in [-0.25, -0.2) is 9.65 Å². The average Bonchev–Trinajstić information content (AvgIpc) is 2.31. The summed E-state index contributed by atoms with van der Waals surface area (Å²) >= 11 is 0. The van der Waals surface area contributed by atoms with Gasteiger partial charge in [-0.05, 0) is 57.4 Å². The van der Waals surface area contributed by atoms with E-state index in [2.05, 4.69) is 12.0 Å². The summed E-state index contributed by atoms with van der Waals surface area (Å²) in [7, 11) is -3.30. The molecular weight excluding hydrogens is 273 g/mol. The molecule has 0 saturated carbocycles. The summed E-state index contributed by atoms with van der Waals surface area (Å²) in [6.45, 7) is 10.1. The molecule has 0 radical (unpaired) electrons. The lowest BCUT2D eigenvalue weighted by atomic mass is 10.0. The van der Waals surface area contributed by atoms with Crippen molar-refractivity contribution in [1.82, 2.24) is 5.09 Å². The molecule has 0 bridgehead atoms. The Hall–Kier alpha value is -0.830. The van der Waals surface area contributed by atoms with Gasteiger partial charge < -0.3 is 4.52 Å². The van der Waals surface area contributed by atoms with E-state index in [1.165, 1.54) is 5.56 Å². The second-order valence-corrected chi connectivity index (χ2v) is 6.82. The van der Waals surface area contributed by atoms with Gasteiger partial charge >= 0.3 is 7.75 Å².